The minimum absolute atomic E-state index is 0.134. The summed E-state index contributed by atoms with van der Waals surface area (Å²) in [6.45, 7) is 8.11. The first kappa shape index (κ1) is 13.3. The Morgan fingerprint density at radius 1 is 1.21 bits per heavy atom. The zero-order chi connectivity index (χ0) is 14.0. The molecule has 1 aromatic carbocycles. The van der Waals surface area contributed by atoms with Crippen molar-refractivity contribution < 1.29 is 4.79 Å². The number of amides is 1. The van der Waals surface area contributed by atoms with Crippen molar-refractivity contribution in [1.29, 1.82) is 0 Å². The van der Waals surface area contributed by atoms with E-state index >= 15 is 0 Å². The second kappa shape index (κ2) is 5.26. The Balaban J connectivity index is 2.14. The summed E-state index contributed by atoms with van der Waals surface area (Å²) < 4.78 is 0. The Morgan fingerprint density at radius 2 is 1.84 bits per heavy atom. The first-order valence-electron chi connectivity index (χ1n) is 6.42. The molecule has 2 aromatic rings. The molecule has 0 aliphatic rings. The molecule has 0 atom stereocenters. The number of nitrogens with zero attached hydrogens (tertiary/aromatic N) is 1. The summed E-state index contributed by atoms with van der Waals surface area (Å²) in [5, 5.41) is 9.74. The molecule has 4 heteroatoms. The highest BCUT2D eigenvalue weighted by atomic mass is 16.1. The third-order valence-electron chi connectivity index (χ3n) is 3.32. The highest BCUT2D eigenvalue weighted by Crippen LogP contribution is 2.17. The number of rotatable bonds is 3. The Labute approximate surface area is 113 Å². The monoisotopic (exact) mass is 257 g/mol. The predicted molar refractivity (Wildman–Crippen MR) is 76.5 cm³/mol. The Morgan fingerprint density at radius 3 is 2.32 bits per heavy atom. The minimum Gasteiger partial charge on any atom is -0.305 e. The number of hydrogen-bond acceptors (Lipinski definition) is 2. The van der Waals surface area contributed by atoms with Crippen LogP contribution in [0.5, 0.6) is 0 Å². The number of hydrogen-bond donors (Lipinski definition) is 2. The molecule has 100 valence electrons. The fourth-order valence-electron chi connectivity index (χ4n) is 1.81. The lowest BCUT2D eigenvalue weighted by atomic mass is 10.0. The maximum absolute atomic E-state index is 12.1. The first-order valence-corrected chi connectivity index (χ1v) is 6.42. The van der Waals surface area contributed by atoms with Crippen LogP contribution in [0.15, 0.2) is 24.3 Å². The average molecular weight is 257 g/mol. The zero-order valence-electron chi connectivity index (χ0n) is 11.7. The lowest BCUT2D eigenvalue weighted by Crippen LogP contribution is -2.13. The van der Waals surface area contributed by atoms with Crippen LogP contribution in [0.3, 0.4) is 0 Å². The second-order valence-corrected chi connectivity index (χ2v) is 5.05. The van der Waals surface area contributed by atoms with Gasteiger partial charge >= 0.3 is 0 Å². The number of aromatic amines is 1. The quantitative estimate of drug-likeness (QED) is 0.885. The van der Waals surface area contributed by atoms with Gasteiger partial charge in [-0.2, -0.15) is 5.10 Å². The molecule has 1 heterocycles. The Kier molecular flexibility index (Phi) is 3.69. The van der Waals surface area contributed by atoms with Crippen LogP contribution in [0.2, 0.25) is 0 Å². The molecule has 0 spiro atoms. The standard InChI is InChI=1S/C15H19N3O/c1-9(2)12-5-7-13(8-6-12)15(19)16-14-10(3)11(4)17-18-14/h5-9H,1-4H3,(H2,16,17,18,19). The summed E-state index contributed by atoms with van der Waals surface area (Å²) in [5.74, 6) is 0.925. The third-order valence-corrected chi connectivity index (χ3v) is 3.32. The van der Waals surface area contributed by atoms with E-state index in [1.54, 1.807) is 0 Å². The number of H-pyrrole nitrogens is 1. The normalized spacial score (nSPS) is 10.8. The van der Waals surface area contributed by atoms with E-state index in [-0.39, 0.29) is 5.91 Å². The molecular formula is C15H19N3O. The van der Waals surface area contributed by atoms with E-state index < -0.39 is 0 Å². The van der Waals surface area contributed by atoms with Gasteiger partial charge in [-0.05, 0) is 37.5 Å². The Hall–Kier alpha value is -2.10. The van der Waals surface area contributed by atoms with Crippen LogP contribution in [0, 0.1) is 13.8 Å². The molecular weight excluding hydrogens is 238 g/mol. The number of anilines is 1. The maximum atomic E-state index is 12.1. The molecule has 4 nitrogen and oxygen atoms in total. The van der Waals surface area contributed by atoms with Crippen LogP contribution < -0.4 is 5.32 Å². The van der Waals surface area contributed by atoms with E-state index in [9.17, 15) is 4.79 Å². The summed E-state index contributed by atoms with van der Waals surface area (Å²) in [6, 6.07) is 7.67. The van der Waals surface area contributed by atoms with Gasteiger partial charge in [-0.15, -0.1) is 0 Å². The summed E-state index contributed by atoms with van der Waals surface area (Å²) in [5.41, 5.74) is 3.80. The van der Waals surface area contributed by atoms with Crippen molar-refractivity contribution in [2.24, 2.45) is 0 Å². The Bertz CT molecular complexity index is 582. The molecule has 19 heavy (non-hydrogen) atoms. The predicted octanol–water partition coefficient (Wildman–Crippen LogP) is 3.40. The van der Waals surface area contributed by atoms with Gasteiger partial charge in [0.25, 0.3) is 5.91 Å². The van der Waals surface area contributed by atoms with Crippen molar-refractivity contribution in [1.82, 2.24) is 10.2 Å². The van der Waals surface area contributed by atoms with Gasteiger partial charge in [0.1, 0.15) is 0 Å². The highest BCUT2D eigenvalue weighted by Gasteiger charge is 2.11. The van der Waals surface area contributed by atoms with E-state index in [2.05, 4.69) is 29.4 Å². The van der Waals surface area contributed by atoms with Crippen LogP contribution in [0.4, 0.5) is 5.82 Å². The number of aryl methyl sites for hydroxylation is 1. The summed E-state index contributed by atoms with van der Waals surface area (Å²) in [4.78, 5) is 12.1. The molecule has 1 amide bonds. The van der Waals surface area contributed by atoms with Crippen molar-refractivity contribution in [3.05, 3.63) is 46.6 Å². The molecule has 0 radical (unpaired) electrons. The summed E-state index contributed by atoms with van der Waals surface area (Å²) in [7, 11) is 0. The van der Waals surface area contributed by atoms with Crippen LogP contribution in [0.1, 0.15) is 46.9 Å². The molecule has 0 fully saturated rings. The lowest BCUT2D eigenvalue weighted by molar-refractivity contribution is 0.102. The fourth-order valence-corrected chi connectivity index (χ4v) is 1.81. The van der Waals surface area contributed by atoms with E-state index in [1.807, 2.05) is 38.1 Å². The van der Waals surface area contributed by atoms with Crippen LogP contribution in [-0.2, 0) is 0 Å². The largest absolute Gasteiger partial charge is 0.305 e. The number of carbonyl (C=O) groups excluding carboxylic acids is 1. The molecule has 0 unspecified atom stereocenters. The topological polar surface area (TPSA) is 57.8 Å². The molecule has 0 bridgehead atoms. The highest BCUT2D eigenvalue weighted by molar-refractivity contribution is 6.04. The van der Waals surface area contributed by atoms with Crippen LogP contribution in [-0.4, -0.2) is 16.1 Å². The minimum atomic E-state index is -0.134. The first-order chi connectivity index (χ1) is 8.99. The third kappa shape index (κ3) is 2.84. The fraction of sp³-hybridized carbons (Fsp3) is 0.333. The van der Waals surface area contributed by atoms with Gasteiger partial charge in [-0.25, -0.2) is 0 Å². The van der Waals surface area contributed by atoms with Crippen LogP contribution in [0.25, 0.3) is 0 Å². The molecule has 1 aromatic heterocycles. The van der Waals surface area contributed by atoms with Gasteiger partial charge in [0, 0.05) is 16.8 Å². The van der Waals surface area contributed by atoms with Crippen molar-refractivity contribution in [2.75, 3.05) is 5.32 Å². The van der Waals surface area contributed by atoms with E-state index in [0.717, 1.165) is 11.3 Å². The number of nitrogens with one attached hydrogen (secondary N) is 2. The van der Waals surface area contributed by atoms with Crippen molar-refractivity contribution in [2.45, 2.75) is 33.6 Å². The van der Waals surface area contributed by atoms with E-state index in [4.69, 9.17) is 0 Å². The number of aromatic nitrogens is 2. The lowest BCUT2D eigenvalue weighted by Gasteiger charge is -2.07. The molecule has 2 rings (SSSR count). The number of benzene rings is 1. The van der Waals surface area contributed by atoms with Gasteiger partial charge in [0.2, 0.25) is 0 Å². The molecule has 0 aliphatic carbocycles. The SMILES string of the molecule is Cc1[nH]nc(NC(=O)c2ccc(C(C)C)cc2)c1C. The molecule has 0 aliphatic heterocycles. The van der Waals surface area contributed by atoms with Gasteiger partial charge in [-0.3, -0.25) is 9.89 Å². The molecule has 0 saturated heterocycles. The van der Waals surface area contributed by atoms with Gasteiger partial charge < -0.3 is 5.32 Å². The molecule has 0 saturated carbocycles. The zero-order valence-corrected chi connectivity index (χ0v) is 11.7. The second-order valence-electron chi connectivity index (χ2n) is 5.05. The van der Waals surface area contributed by atoms with E-state index in [1.165, 1.54) is 5.56 Å². The van der Waals surface area contributed by atoms with Crippen molar-refractivity contribution >= 4 is 11.7 Å². The van der Waals surface area contributed by atoms with Gasteiger partial charge in [0.15, 0.2) is 5.82 Å². The van der Waals surface area contributed by atoms with E-state index in [0.29, 0.717) is 17.3 Å². The van der Waals surface area contributed by atoms with Gasteiger partial charge in [0.05, 0.1) is 0 Å². The van der Waals surface area contributed by atoms with Gasteiger partial charge in [-0.1, -0.05) is 26.0 Å². The summed E-state index contributed by atoms with van der Waals surface area (Å²) >= 11 is 0. The smallest absolute Gasteiger partial charge is 0.256 e. The van der Waals surface area contributed by atoms with Crippen molar-refractivity contribution in [3.63, 3.8) is 0 Å². The average Bonchev–Trinajstić information content (AvgIpc) is 2.71. The summed E-state index contributed by atoms with van der Waals surface area (Å²) in [6.07, 6.45) is 0. The van der Waals surface area contributed by atoms with Crippen LogP contribution >= 0.6 is 0 Å². The van der Waals surface area contributed by atoms with Crippen molar-refractivity contribution in [3.8, 4) is 0 Å². The number of carbonyl (C=O) groups is 1. The maximum Gasteiger partial charge on any atom is 0.256 e. The molecule has 2 N–H and O–H groups in total.